The molecule has 0 heterocycles. The second kappa shape index (κ2) is 6.37. The van der Waals surface area contributed by atoms with Gasteiger partial charge in [0, 0.05) is 13.2 Å². The van der Waals surface area contributed by atoms with Gasteiger partial charge in [-0.2, -0.15) is 0 Å². The Morgan fingerprint density at radius 1 is 1.29 bits per heavy atom. The van der Waals surface area contributed by atoms with Crippen LogP contribution in [-0.2, 0) is 14.6 Å². The van der Waals surface area contributed by atoms with Crippen LogP contribution >= 0.6 is 0 Å². The molecule has 0 aliphatic heterocycles. The second-order valence-electron chi connectivity index (χ2n) is 3.91. The van der Waals surface area contributed by atoms with Crippen molar-refractivity contribution in [3.63, 3.8) is 0 Å². The minimum absolute atomic E-state index is 0.108. The van der Waals surface area contributed by atoms with E-state index in [1.165, 1.54) is 0 Å². The van der Waals surface area contributed by atoms with Gasteiger partial charge in [0.25, 0.3) is 0 Å². The van der Waals surface area contributed by atoms with Crippen molar-refractivity contribution in [1.82, 2.24) is 5.32 Å². The fraction of sp³-hybridized carbons (Fsp3) is 1.00. The summed E-state index contributed by atoms with van der Waals surface area (Å²) in [4.78, 5) is 0. The van der Waals surface area contributed by atoms with E-state index in [-0.39, 0.29) is 23.5 Å². The van der Waals surface area contributed by atoms with Crippen molar-refractivity contribution in [2.75, 3.05) is 32.3 Å². The van der Waals surface area contributed by atoms with Crippen LogP contribution in [0.15, 0.2) is 0 Å². The maximum Gasteiger partial charge on any atom is 0.152 e. The molecule has 0 radical (unpaired) electrons. The first kappa shape index (κ1) is 13.9. The molecule has 0 amide bonds. The van der Waals surface area contributed by atoms with Gasteiger partial charge in [-0.05, 0) is 13.0 Å². The summed E-state index contributed by atoms with van der Waals surface area (Å²) < 4.78 is 28.1. The molecule has 4 nitrogen and oxygen atoms in total. The lowest BCUT2D eigenvalue weighted by Gasteiger charge is -2.15. The molecule has 5 heteroatoms. The molecule has 0 fully saturated rings. The van der Waals surface area contributed by atoms with Crippen LogP contribution in [0.2, 0.25) is 0 Å². The molecule has 0 bridgehead atoms. The van der Waals surface area contributed by atoms with Gasteiger partial charge in [0.05, 0.1) is 18.1 Å². The summed E-state index contributed by atoms with van der Waals surface area (Å²) in [5.41, 5.74) is 0. The minimum atomic E-state index is -2.96. The number of sulfone groups is 1. The Morgan fingerprint density at radius 2 is 1.86 bits per heavy atom. The molecule has 0 rings (SSSR count). The van der Waals surface area contributed by atoms with Gasteiger partial charge >= 0.3 is 0 Å². The number of rotatable bonds is 7. The molecule has 0 aromatic rings. The van der Waals surface area contributed by atoms with Crippen LogP contribution in [0.4, 0.5) is 0 Å². The minimum Gasteiger partial charge on any atom is -0.383 e. The zero-order valence-corrected chi connectivity index (χ0v) is 10.2. The lowest BCUT2D eigenvalue weighted by Crippen LogP contribution is -2.38. The summed E-state index contributed by atoms with van der Waals surface area (Å²) in [6, 6.07) is -0.108. The van der Waals surface area contributed by atoms with Gasteiger partial charge in [-0.1, -0.05) is 13.8 Å². The molecule has 1 atom stereocenters. The predicted octanol–water partition coefficient (Wildman–Crippen LogP) is 0.292. The van der Waals surface area contributed by atoms with E-state index in [4.69, 9.17) is 4.74 Å². The number of likely N-dealkylation sites (N-methyl/N-ethyl adjacent to an activating group) is 1. The van der Waals surface area contributed by atoms with Crippen molar-refractivity contribution >= 4 is 9.84 Å². The van der Waals surface area contributed by atoms with E-state index in [1.54, 1.807) is 14.2 Å². The highest BCUT2D eigenvalue weighted by Gasteiger charge is 2.18. The zero-order valence-electron chi connectivity index (χ0n) is 9.41. The Kier molecular flexibility index (Phi) is 6.31. The van der Waals surface area contributed by atoms with Crippen LogP contribution < -0.4 is 5.32 Å². The fourth-order valence-corrected chi connectivity index (χ4v) is 3.33. The number of hydrogen-bond donors (Lipinski definition) is 1. The molecular formula is C9H21NO3S. The summed E-state index contributed by atoms with van der Waals surface area (Å²) >= 11 is 0. The van der Waals surface area contributed by atoms with Crippen molar-refractivity contribution in [1.29, 1.82) is 0 Å². The molecule has 0 aromatic carbocycles. The normalized spacial score (nSPS) is 14.6. The molecule has 0 aromatic heterocycles. The highest BCUT2D eigenvalue weighted by Crippen LogP contribution is 2.02. The number of methoxy groups -OCH3 is 1. The quantitative estimate of drug-likeness (QED) is 0.674. The third kappa shape index (κ3) is 6.34. The second-order valence-corrected chi connectivity index (χ2v) is 6.07. The molecule has 1 unspecified atom stereocenters. The van der Waals surface area contributed by atoms with E-state index in [0.717, 1.165) is 0 Å². The first-order valence-corrected chi connectivity index (χ1v) is 6.60. The smallest absolute Gasteiger partial charge is 0.152 e. The number of hydrogen-bond acceptors (Lipinski definition) is 4. The number of nitrogens with one attached hydrogen (secondary N) is 1. The van der Waals surface area contributed by atoms with Crippen molar-refractivity contribution in [3.8, 4) is 0 Å². The Bertz CT molecular complexity index is 236. The lowest BCUT2D eigenvalue weighted by atomic mass is 10.3. The van der Waals surface area contributed by atoms with Crippen LogP contribution in [0, 0.1) is 5.92 Å². The van der Waals surface area contributed by atoms with Crippen LogP contribution in [0.1, 0.15) is 13.8 Å². The molecule has 0 saturated heterocycles. The van der Waals surface area contributed by atoms with E-state index >= 15 is 0 Å². The van der Waals surface area contributed by atoms with E-state index in [1.807, 2.05) is 13.8 Å². The van der Waals surface area contributed by atoms with Gasteiger partial charge in [-0.25, -0.2) is 8.42 Å². The van der Waals surface area contributed by atoms with Crippen LogP contribution in [0.3, 0.4) is 0 Å². The molecule has 1 N–H and O–H groups in total. The summed E-state index contributed by atoms with van der Waals surface area (Å²) in [5, 5.41) is 2.93. The molecule has 86 valence electrons. The highest BCUT2D eigenvalue weighted by molar-refractivity contribution is 7.91. The summed E-state index contributed by atoms with van der Waals surface area (Å²) in [6.45, 7) is 4.23. The van der Waals surface area contributed by atoms with Gasteiger partial charge in [0.2, 0.25) is 0 Å². The van der Waals surface area contributed by atoms with Crippen LogP contribution in [0.5, 0.6) is 0 Å². The highest BCUT2D eigenvalue weighted by atomic mass is 32.2. The first-order chi connectivity index (χ1) is 6.41. The lowest BCUT2D eigenvalue weighted by molar-refractivity contribution is 0.176. The maximum atomic E-state index is 11.6. The standard InChI is InChI=1S/C9H21NO3S/c1-8(2)6-14(11,12)7-9(10-3)5-13-4/h8-10H,5-7H2,1-4H3. The van der Waals surface area contributed by atoms with E-state index in [9.17, 15) is 8.42 Å². The topological polar surface area (TPSA) is 55.4 Å². The Hall–Kier alpha value is -0.130. The molecule has 0 aliphatic rings. The summed E-state index contributed by atoms with van der Waals surface area (Å²) in [7, 11) is 0.357. The molecule has 0 saturated carbocycles. The van der Waals surface area contributed by atoms with E-state index in [2.05, 4.69) is 5.32 Å². The van der Waals surface area contributed by atoms with Crippen molar-refractivity contribution in [2.45, 2.75) is 19.9 Å². The van der Waals surface area contributed by atoms with Gasteiger partial charge in [0.15, 0.2) is 9.84 Å². The molecular weight excluding hydrogens is 202 g/mol. The molecule has 0 spiro atoms. The average molecular weight is 223 g/mol. The Labute approximate surface area is 86.9 Å². The molecule has 0 aliphatic carbocycles. The summed E-state index contributed by atoms with van der Waals surface area (Å²) in [5.74, 6) is 0.574. The summed E-state index contributed by atoms with van der Waals surface area (Å²) in [6.07, 6.45) is 0. The zero-order chi connectivity index (χ0) is 11.2. The third-order valence-corrected chi connectivity index (χ3v) is 3.90. The van der Waals surface area contributed by atoms with E-state index in [0.29, 0.717) is 6.61 Å². The van der Waals surface area contributed by atoms with Gasteiger partial charge in [-0.15, -0.1) is 0 Å². The largest absolute Gasteiger partial charge is 0.383 e. The molecule has 14 heavy (non-hydrogen) atoms. The predicted molar refractivity (Wildman–Crippen MR) is 58.2 cm³/mol. The van der Waals surface area contributed by atoms with Crippen LogP contribution in [-0.4, -0.2) is 46.7 Å². The monoisotopic (exact) mass is 223 g/mol. The van der Waals surface area contributed by atoms with Gasteiger partial charge < -0.3 is 10.1 Å². The van der Waals surface area contributed by atoms with Crippen molar-refractivity contribution < 1.29 is 13.2 Å². The Morgan fingerprint density at radius 3 is 2.21 bits per heavy atom. The van der Waals surface area contributed by atoms with Gasteiger partial charge in [0.1, 0.15) is 0 Å². The SMILES string of the molecule is CNC(COC)CS(=O)(=O)CC(C)C. The maximum absolute atomic E-state index is 11.6. The van der Waals surface area contributed by atoms with Crippen molar-refractivity contribution in [2.24, 2.45) is 5.92 Å². The van der Waals surface area contributed by atoms with Gasteiger partial charge in [-0.3, -0.25) is 0 Å². The Balaban J connectivity index is 4.18. The first-order valence-electron chi connectivity index (χ1n) is 4.78. The third-order valence-electron chi connectivity index (χ3n) is 1.82. The number of ether oxygens (including phenoxy) is 1. The average Bonchev–Trinajstić information content (AvgIpc) is 2.00. The van der Waals surface area contributed by atoms with Crippen molar-refractivity contribution in [3.05, 3.63) is 0 Å². The van der Waals surface area contributed by atoms with E-state index < -0.39 is 9.84 Å². The fourth-order valence-electron chi connectivity index (χ4n) is 1.30. The van der Waals surface area contributed by atoms with Crippen LogP contribution in [0.25, 0.3) is 0 Å².